The molecule has 1 amide bonds. The maximum Gasteiger partial charge on any atom is 0.271 e. The van der Waals surface area contributed by atoms with Crippen LogP contribution >= 0.6 is 11.6 Å². The Morgan fingerprint density at radius 2 is 2.18 bits per heavy atom. The van der Waals surface area contributed by atoms with Gasteiger partial charge in [-0.1, -0.05) is 23.7 Å². The van der Waals surface area contributed by atoms with Gasteiger partial charge in [-0.2, -0.15) is 5.10 Å². The van der Waals surface area contributed by atoms with Gasteiger partial charge in [-0.25, -0.2) is 0 Å². The maximum absolute atomic E-state index is 11.8. The number of benzene rings is 1. The lowest BCUT2D eigenvalue weighted by Gasteiger charge is -2.51. The second-order valence-corrected chi connectivity index (χ2v) is 8.83. The number of rotatable bonds is 6. The molecule has 2 fully saturated rings. The van der Waals surface area contributed by atoms with Crippen LogP contribution < -0.4 is 15.8 Å². The summed E-state index contributed by atoms with van der Waals surface area (Å²) in [5.74, 6) is -0.116. The number of carbonyl (C=O) groups is 1. The molecule has 3 N–H and O–H groups in total. The van der Waals surface area contributed by atoms with Gasteiger partial charge in [0.1, 0.15) is 5.75 Å². The number of hydrogen-bond acceptors (Lipinski definition) is 7. The number of para-hydroxylation sites is 1. The Bertz CT molecular complexity index is 1190. The monoisotopic (exact) mass is 468 g/mol. The highest BCUT2D eigenvalue weighted by molar-refractivity contribution is 6.29. The quantitative estimate of drug-likeness (QED) is 0.558. The van der Waals surface area contributed by atoms with Gasteiger partial charge >= 0.3 is 0 Å². The molecule has 2 atom stereocenters. The van der Waals surface area contributed by atoms with Crippen LogP contribution in [0.3, 0.4) is 0 Å². The summed E-state index contributed by atoms with van der Waals surface area (Å²) in [6.45, 7) is 0.827. The first-order valence-electron chi connectivity index (χ1n) is 11.0. The number of primary amides is 1. The van der Waals surface area contributed by atoms with Crippen LogP contribution in [0.1, 0.15) is 48.6 Å². The summed E-state index contributed by atoms with van der Waals surface area (Å²) in [4.78, 5) is 11.8. The Morgan fingerprint density at radius 1 is 1.30 bits per heavy atom. The molecule has 3 aromatic rings. The maximum atomic E-state index is 11.8. The Balaban J connectivity index is 1.46. The molecule has 1 saturated carbocycles. The molecule has 1 aliphatic heterocycles. The molecule has 1 spiro atoms. The van der Waals surface area contributed by atoms with Crippen LogP contribution in [-0.4, -0.2) is 45.2 Å². The lowest BCUT2D eigenvalue weighted by Crippen LogP contribution is -2.52. The van der Waals surface area contributed by atoms with Crippen molar-refractivity contribution in [1.82, 2.24) is 20.0 Å². The van der Waals surface area contributed by atoms with Crippen molar-refractivity contribution in [2.24, 2.45) is 5.73 Å². The van der Waals surface area contributed by atoms with E-state index in [4.69, 9.17) is 26.8 Å². The molecule has 0 bridgehead atoms. The number of anilines is 2. The predicted molar refractivity (Wildman–Crippen MR) is 124 cm³/mol. The van der Waals surface area contributed by atoms with Crippen LogP contribution in [0.2, 0.25) is 5.15 Å². The van der Waals surface area contributed by atoms with E-state index in [1.165, 1.54) is 12.5 Å². The Labute approximate surface area is 196 Å². The number of hydrogen-bond donors (Lipinski definition) is 2. The van der Waals surface area contributed by atoms with Crippen LogP contribution in [0.15, 0.2) is 36.7 Å². The highest BCUT2D eigenvalue weighted by Gasteiger charge is 2.50. The normalized spacial score (nSPS) is 22.1. The summed E-state index contributed by atoms with van der Waals surface area (Å²) in [5, 5.41) is 15.5. The summed E-state index contributed by atoms with van der Waals surface area (Å²) in [6.07, 6.45) is 9.45. The van der Waals surface area contributed by atoms with E-state index in [0.29, 0.717) is 17.1 Å². The van der Waals surface area contributed by atoms with E-state index in [9.17, 15) is 4.79 Å². The zero-order valence-corrected chi connectivity index (χ0v) is 19.0. The molecule has 0 unspecified atom stereocenters. The van der Waals surface area contributed by atoms with Crippen LogP contribution in [0.25, 0.3) is 11.1 Å². The Hall–Kier alpha value is -3.17. The fraction of sp³-hybridized carbons (Fsp3) is 0.391. The van der Waals surface area contributed by atoms with Gasteiger partial charge in [-0.05, 0) is 38.2 Å². The average Bonchev–Trinajstić information content (AvgIpc) is 3.27. The highest BCUT2D eigenvalue weighted by Crippen LogP contribution is 2.50. The lowest BCUT2D eigenvalue weighted by atomic mass is 9.70. The van der Waals surface area contributed by atoms with Gasteiger partial charge in [0, 0.05) is 30.0 Å². The fourth-order valence-electron chi connectivity index (χ4n) is 4.82. The summed E-state index contributed by atoms with van der Waals surface area (Å²) in [5.41, 5.74) is 8.12. The van der Waals surface area contributed by atoms with Crippen molar-refractivity contribution in [3.05, 3.63) is 47.5 Å². The number of carbonyl (C=O) groups excluding carboxylic acids is 1. The molecule has 2 aromatic heterocycles. The first kappa shape index (κ1) is 21.7. The van der Waals surface area contributed by atoms with Crippen LogP contribution in [-0.2, 0) is 4.74 Å². The van der Waals surface area contributed by atoms with Crippen molar-refractivity contribution in [2.75, 3.05) is 19.0 Å². The van der Waals surface area contributed by atoms with Crippen LogP contribution in [0, 0.1) is 0 Å². The smallest absolute Gasteiger partial charge is 0.271 e. The molecular formula is C23H25ClN6O3. The molecule has 1 saturated heterocycles. The van der Waals surface area contributed by atoms with E-state index >= 15 is 0 Å². The standard InChI is InChI=1S/C23H25ClN6O3/c1-32-21-15(5-4-6-16(21)27-17-11-19(24)28-29-20(17)22(25)31)14-12-26-30(13-14)18-7-9-23(18)8-2-3-10-33-23/h4-6,11-13,18H,2-3,7-10H2,1H3,(H2,25,31)(H,27,28)/t18-,23-/m1/s1. The third kappa shape index (κ3) is 3.91. The number of nitrogens with zero attached hydrogens (tertiary/aromatic N) is 4. The largest absolute Gasteiger partial charge is 0.494 e. The number of nitrogens with one attached hydrogen (secondary N) is 1. The number of nitrogens with two attached hydrogens (primary N) is 1. The van der Waals surface area contributed by atoms with Gasteiger partial charge < -0.3 is 20.5 Å². The molecular weight excluding hydrogens is 444 g/mol. The molecule has 2 aliphatic rings. The van der Waals surface area contributed by atoms with Crippen molar-refractivity contribution in [3.8, 4) is 16.9 Å². The van der Waals surface area contributed by atoms with Gasteiger partial charge in [-0.15, -0.1) is 10.2 Å². The van der Waals surface area contributed by atoms with E-state index in [1.54, 1.807) is 7.11 Å². The van der Waals surface area contributed by atoms with Gasteiger partial charge in [0.2, 0.25) is 0 Å². The second-order valence-electron chi connectivity index (χ2n) is 8.44. The molecule has 0 radical (unpaired) electrons. The summed E-state index contributed by atoms with van der Waals surface area (Å²) >= 11 is 5.98. The molecule has 10 heteroatoms. The molecule has 1 aromatic carbocycles. The highest BCUT2D eigenvalue weighted by atomic mass is 35.5. The third-order valence-corrected chi connectivity index (χ3v) is 6.73. The van der Waals surface area contributed by atoms with Crippen LogP contribution in [0.4, 0.5) is 11.4 Å². The van der Waals surface area contributed by atoms with Crippen molar-refractivity contribution < 1.29 is 14.3 Å². The Morgan fingerprint density at radius 3 is 2.88 bits per heavy atom. The minimum Gasteiger partial charge on any atom is -0.494 e. The first-order valence-corrected chi connectivity index (χ1v) is 11.3. The lowest BCUT2D eigenvalue weighted by molar-refractivity contribution is -0.165. The van der Waals surface area contributed by atoms with E-state index in [1.807, 2.05) is 35.3 Å². The van der Waals surface area contributed by atoms with E-state index in [2.05, 4.69) is 20.6 Å². The molecule has 9 nitrogen and oxygen atoms in total. The van der Waals surface area contributed by atoms with E-state index in [-0.39, 0.29) is 22.5 Å². The zero-order chi connectivity index (χ0) is 23.0. The zero-order valence-electron chi connectivity index (χ0n) is 18.3. The van der Waals surface area contributed by atoms with Crippen molar-refractivity contribution in [3.63, 3.8) is 0 Å². The molecule has 33 heavy (non-hydrogen) atoms. The number of ether oxygens (including phenoxy) is 2. The first-order chi connectivity index (χ1) is 16.0. The number of amides is 1. The van der Waals surface area contributed by atoms with Crippen molar-refractivity contribution in [2.45, 2.75) is 43.7 Å². The molecule has 5 rings (SSSR count). The number of aromatic nitrogens is 4. The van der Waals surface area contributed by atoms with Crippen LogP contribution in [0.5, 0.6) is 5.75 Å². The molecule has 1 aliphatic carbocycles. The topological polar surface area (TPSA) is 117 Å². The van der Waals surface area contributed by atoms with Gasteiger partial charge in [0.05, 0.1) is 36.3 Å². The minimum atomic E-state index is -0.711. The fourth-order valence-corrected chi connectivity index (χ4v) is 4.97. The average molecular weight is 469 g/mol. The number of halogens is 1. The van der Waals surface area contributed by atoms with Crippen molar-refractivity contribution >= 4 is 28.9 Å². The predicted octanol–water partition coefficient (Wildman–Crippen LogP) is 4.12. The van der Waals surface area contributed by atoms with E-state index in [0.717, 1.165) is 43.4 Å². The van der Waals surface area contributed by atoms with Gasteiger partial charge in [-0.3, -0.25) is 9.48 Å². The third-order valence-electron chi connectivity index (χ3n) is 6.55. The van der Waals surface area contributed by atoms with E-state index < -0.39 is 5.91 Å². The Kier molecular flexibility index (Phi) is 5.67. The van der Waals surface area contributed by atoms with Crippen molar-refractivity contribution in [1.29, 1.82) is 0 Å². The SMILES string of the molecule is COc1c(Nc2cc(Cl)nnc2C(N)=O)cccc1-c1cnn([C@@H]2CC[C@]23CCCCO3)c1. The van der Waals surface area contributed by atoms with Gasteiger partial charge in [0.25, 0.3) is 5.91 Å². The second kappa shape index (κ2) is 8.64. The number of methoxy groups -OCH3 is 1. The van der Waals surface area contributed by atoms with Gasteiger partial charge in [0.15, 0.2) is 10.8 Å². The summed E-state index contributed by atoms with van der Waals surface area (Å²) in [7, 11) is 1.60. The summed E-state index contributed by atoms with van der Waals surface area (Å²) < 4.78 is 14.0. The molecule has 3 heterocycles. The molecule has 172 valence electrons. The summed E-state index contributed by atoms with van der Waals surface area (Å²) in [6, 6.07) is 7.45. The minimum absolute atomic E-state index is 0.0116.